The molecule has 0 aliphatic carbocycles. The third-order valence-corrected chi connectivity index (χ3v) is 4.08. The highest BCUT2D eigenvalue weighted by atomic mass is 127. The molecule has 2 aromatic heterocycles. The van der Waals surface area contributed by atoms with Gasteiger partial charge >= 0.3 is 0 Å². The van der Waals surface area contributed by atoms with Gasteiger partial charge in [0.25, 0.3) is 0 Å². The minimum atomic E-state index is 0. The Balaban J connectivity index is 0.00000288. The van der Waals surface area contributed by atoms with Gasteiger partial charge in [0, 0.05) is 44.1 Å². The standard InChI is InChI=1S/C16H24N4O2S.HI/c1-13-12-20-15(23-13)6-8-18-16(19-9-11-21-2)17-7-5-14-4-3-10-22-14;/h3-4,10,12H,5-9,11H2,1-2H3,(H2,17,18,19);1H. The van der Waals surface area contributed by atoms with Crippen LogP contribution in [-0.2, 0) is 17.6 Å². The van der Waals surface area contributed by atoms with Crippen LogP contribution in [-0.4, -0.2) is 44.3 Å². The molecule has 0 aromatic carbocycles. The molecular weight excluding hydrogens is 439 g/mol. The van der Waals surface area contributed by atoms with Gasteiger partial charge in [-0.2, -0.15) is 0 Å². The van der Waals surface area contributed by atoms with Crippen molar-refractivity contribution in [1.82, 2.24) is 15.6 Å². The summed E-state index contributed by atoms with van der Waals surface area (Å²) in [6, 6.07) is 3.87. The number of ether oxygens (including phenoxy) is 1. The maximum atomic E-state index is 5.33. The SMILES string of the molecule is COCCN=C(NCCc1ccco1)NCCc1ncc(C)s1.I. The topological polar surface area (TPSA) is 71.7 Å². The molecule has 0 saturated heterocycles. The molecule has 0 spiro atoms. The quantitative estimate of drug-likeness (QED) is 0.259. The molecular formula is C16H25IN4O2S. The van der Waals surface area contributed by atoms with Crippen LogP contribution < -0.4 is 10.6 Å². The maximum absolute atomic E-state index is 5.33. The summed E-state index contributed by atoms with van der Waals surface area (Å²) >= 11 is 1.73. The monoisotopic (exact) mass is 464 g/mol. The number of guanidine groups is 1. The van der Waals surface area contributed by atoms with Crippen molar-refractivity contribution in [2.75, 3.05) is 33.4 Å². The summed E-state index contributed by atoms with van der Waals surface area (Å²) in [5, 5.41) is 7.79. The summed E-state index contributed by atoms with van der Waals surface area (Å²) in [5.74, 6) is 1.76. The van der Waals surface area contributed by atoms with Crippen LogP contribution in [0.4, 0.5) is 0 Å². The Kier molecular flexibility index (Phi) is 10.7. The van der Waals surface area contributed by atoms with E-state index < -0.39 is 0 Å². The zero-order valence-electron chi connectivity index (χ0n) is 14.1. The minimum Gasteiger partial charge on any atom is -0.469 e. The van der Waals surface area contributed by atoms with Crippen LogP contribution in [0, 0.1) is 6.92 Å². The summed E-state index contributed by atoms with van der Waals surface area (Å²) in [7, 11) is 1.68. The highest BCUT2D eigenvalue weighted by Crippen LogP contribution is 2.10. The van der Waals surface area contributed by atoms with Gasteiger partial charge in [-0.15, -0.1) is 35.3 Å². The molecule has 8 heteroatoms. The zero-order chi connectivity index (χ0) is 16.3. The average Bonchev–Trinajstić information content (AvgIpc) is 3.19. The van der Waals surface area contributed by atoms with Crippen molar-refractivity contribution in [2.24, 2.45) is 4.99 Å². The molecule has 24 heavy (non-hydrogen) atoms. The molecule has 134 valence electrons. The molecule has 0 atom stereocenters. The molecule has 2 rings (SSSR count). The van der Waals surface area contributed by atoms with Crippen LogP contribution in [0.3, 0.4) is 0 Å². The highest BCUT2D eigenvalue weighted by molar-refractivity contribution is 14.0. The van der Waals surface area contributed by atoms with Gasteiger partial charge in [0.1, 0.15) is 5.76 Å². The number of hydrogen-bond donors (Lipinski definition) is 2. The smallest absolute Gasteiger partial charge is 0.191 e. The molecule has 0 unspecified atom stereocenters. The van der Waals surface area contributed by atoms with Crippen molar-refractivity contribution in [1.29, 1.82) is 0 Å². The predicted molar refractivity (Wildman–Crippen MR) is 109 cm³/mol. The van der Waals surface area contributed by atoms with Gasteiger partial charge in [-0.25, -0.2) is 4.98 Å². The van der Waals surface area contributed by atoms with Gasteiger partial charge in [-0.1, -0.05) is 0 Å². The number of halogens is 1. The Bertz CT molecular complexity index is 587. The van der Waals surface area contributed by atoms with E-state index in [-0.39, 0.29) is 24.0 Å². The first kappa shape index (κ1) is 20.9. The molecule has 2 heterocycles. The van der Waals surface area contributed by atoms with Crippen molar-refractivity contribution in [3.8, 4) is 0 Å². The molecule has 0 aliphatic heterocycles. The molecule has 0 saturated carbocycles. The third kappa shape index (κ3) is 8.11. The molecule has 2 N–H and O–H groups in total. The molecule has 0 bridgehead atoms. The largest absolute Gasteiger partial charge is 0.469 e. The Hall–Kier alpha value is -1.13. The number of nitrogens with one attached hydrogen (secondary N) is 2. The van der Waals surface area contributed by atoms with Crippen molar-refractivity contribution in [3.63, 3.8) is 0 Å². The van der Waals surface area contributed by atoms with E-state index in [0.29, 0.717) is 13.2 Å². The fraction of sp³-hybridized carbons (Fsp3) is 0.500. The molecule has 2 aromatic rings. The second-order valence-electron chi connectivity index (χ2n) is 5.02. The first-order valence-electron chi connectivity index (χ1n) is 7.72. The molecule has 0 fully saturated rings. The number of aliphatic imine (C=N–C) groups is 1. The Morgan fingerprint density at radius 1 is 1.33 bits per heavy atom. The van der Waals surface area contributed by atoms with Gasteiger partial charge < -0.3 is 19.8 Å². The van der Waals surface area contributed by atoms with E-state index in [9.17, 15) is 0 Å². The second kappa shape index (κ2) is 12.3. The second-order valence-corrected chi connectivity index (χ2v) is 6.34. The lowest BCUT2D eigenvalue weighted by atomic mass is 10.3. The number of furan rings is 1. The normalized spacial score (nSPS) is 11.2. The molecule has 0 radical (unpaired) electrons. The molecule has 6 nitrogen and oxygen atoms in total. The van der Waals surface area contributed by atoms with Crippen molar-refractivity contribution in [2.45, 2.75) is 19.8 Å². The Labute approximate surface area is 164 Å². The zero-order valence-corrected chi connectivity index (χ0v) is 17.2. The number of rotatable bonds is 9. The summed E-state index contributed by atoms with van der Waals surface area (Å²) in [4.78, 5) is 10.1. The lowest BCUT2D eigenvalue weighted by Crippen LogP contribution is -2.39. The van der Waals surface area contributed by atoms with Crippen LogP contribution in [0.15, 0.2) is 34.0 Å². The number of thiazole rings is 1. The number of aryl methyl sites for hydroxylation is 1. The van der Waals surface area contributed by atoms with Gasteiger partial charge in [0.15, 0.2) is 5.96 Å². The van der Waals surface area contributed by atoms with Gasteiger partial charge in [-0.3, -0.25) is 4.99 Å². The van der Waals surface area contributed by atoms with E-state index in [4.69, 9.17) is 9.15 Å². The predicted octanol–water partition coefficient (Wildman–Crippen LogP) is 2.63. The van der Waals surface area contributed by atoms with Gasteiger partial charge in [-0.05, 0) is 19.1 Å². The number of aromatic nitrogens is 1. The summed E-state index contributed by atoms with van der Waals surface area (Å²) in [5.41, 5.74) is 0. The first-order chi connectivity index (χ1) is 11.3. The fourth-order valence-corrected chi connectivity index (χ4v) is 2.77. The molecule has 0 amide bonds. The van der Waals surface area contributed by atoms with E-state index in [1.165, 1.54) is 4.88 Å². The van der Waals surface area contributed by atoms with Gasteiger partial charge in [0.05, 0.1) is 24.4 Å². The third-order valence-electron chi connectivity index (χ3n) is 3.11. The van der Waals surface area contributed by atoms with Crippen LogP contribution in [0.25, 0.3) is 0 Å². The lowest BCUT2D eigenvalue weighted by Gasteiger charge is -2.11. The Morgan fingerprint density at radius 2 is 2.12 bits per heavy atom. The summed E-state index contributed by atoms with van der Waals surface area (Å²) < 4.78 is 10.4. The first-order valence-corrected chi connectivity index (χ1v) is 8.54. The van der Waals surface area contributed by atoms with E-state index in [1.54, 1.807) is 24.7 Å². The van der Waals surface area contributed by atoms with E-state index in [1.807, 2.05) is 18.3 Å². The fourth-order valence-electron chi connectivity index (χ4n) is 1.99. The molecule has 0 aliphatic rings. The van der Waals surface area contributed by atoms with Crippen molar-refractivity contribution in [3.05, 3.63) is 40.2 Å². The minimum absolute atomic E-state index is 0. The Morgan fingerprint density at radius 3 is 2.75 bits per heavy atom. The number of methoxy groups -OCH3 is 1. The van der Waals surface area contributed by atoms with Crippen molar-refractivity contribution >= 4 is 41.3 Å². The van der Waals surface area contributed by atoms with Crippen LogP contribution >= 0.6 is 35.3 Å². The van der Waals surface area contributed by atoms with Crippen LogP contribution in [0.5, 0.6) is 0 Å². The summed E-state index contributed by atoms with van der Waals surface area (Å²) in [6.45, 7) is 4.87. The number of nitrogens with zero attached hydrogens (tertiary/aromatic N) is 2. The lowest BCUT2D eigenvalue weighted by molar-refractivity contribution is 0.208. The maximum Gasteiger partial charge on any atom is 0.191 e. The summed E-state index contributed by atoms with van der Waals surface area (Å²) in [6.07, 6.45) is 5.32. The van der Waals surface area contributed by atoms with E-state index in [0.717, 1.165) is 42.7 Å². The average molecular weight is 464 g/mol. The van der Waals surface area contributed by atoms with Crippen LogP contribution in [0.2, 0.25) is 0 Å². The van der Waals surface area contributed by atoms with Gasteiger partial charge in [0.2, 0.25) is 0 Å². The highest BCUT2D eigenvalue weighted by Gasteiger charge is 2.02. The van der Waals surface area contributed by atoms with Crippen LogP contribution in [0.1, 0.15) is 15.6 Å². The van der Waals surface area contributed by atoms with E-state index in [2.05, 4.69) is 27.5 Å². The van der Waals surface area contributed by atoms with Crippen molar-refractivity contribution < 1.29 is 9.15 Å². The number of hydrogen-bond acceptors (Lipinski definition) is 5. The van der Waals surface area contributed by atoms with E-state index >= 15 is 0 Å².